The molecule has 0 N–H and O–H groups in total. The first-order valence-corrected chi connectivity index (χ1v) is 6.83. The lowest BCUT2D eigenvalue weighted by molar-refractivity contribution is -0.137. The molecule has 1 aromatic carbocycles. The molecule has 0 aliphatic carbocycles. The summed E-state index contributed by atoms with van der Waals surface area (Å²) < 4.78 is 52.5. The first kappa shape index (κ1) is 16.2. The zero-order valence-electron chi connectivity index (χ0n) is 10.6. The summed E-state index contributed by atoms with van der Waals surface area (Å²) in [5, 5.41) is 0.127. The number of halogens is 4. The summed E-state index contributed by atoms with van der Waals surface area (Å²) in [6.45, 7) is 5.15. The highest BCUT2D eigenvalue weighted by atomic mass is 35.5. The second-order valence-electron chi connectivity index (χ2n) is 4.83. The van der Waals surface area contributed by atoms with Crippen molar-refractivity contribution in [3.8, 4) is 0 Å². The molecule has 1 atom stereocenters. The maximum atomic E-state index is 12.5. The van der Waals surface area contributed by atoms with Gasteiger partial charge in [0.05, 0.1) is 10.3 Å². The monoisotopic (exact) mass is 311 g/mol. The number of hydrogen-bond donors (Lipinski definition) is 0. The quantitative estimate of drug-likeness (QED) is 0.751. The number of hydrogen-bond acceptors (Lipinski definition) is 1. The molecule has 0 fully saturated rings. The fourth-order valence-corrected chi connectivity index (χ4v) is 1.77. The second-order valence-corrected chi connectivity index (χ2v) is 7.17. The van der Waals surface area contributed by atoms with Gasteiger partial charge in [-0.05, 0) is 39.0 Å². The summed E-state index contributed by atoms with van der Waals surface area (Å²) in [7, 11) is -1.54. The summed E-state index contributed by atoms with van der Waals surface area (Å²) >= 11 is 5.79. The third-order valence-electron chi connectivity index (χ3n) is 2.13. The van der Waals surface area contributed by atoms with Gasteiger partial charge in [0, 0.05) is 16.8 Å². The lowest BCUT2D eigenvalue weighted by Gasteiger charge is -2.13. The van der Waals surface area contributed by atoms with Crippen LogP contribution in [0.15, 0.2) is 22.6 Å². The van der Waals surface area contributed by atoms with Crippen molar-refractivity contribution in [2.75, 3.05) is 0 Å². The minimum absolute atomic E-state index is 0.0918. The van der Waals surface area contributed by atoms with Crippen LogP contribution in [0.2, 0.25) is 5.02 Å². The maximum Gasteiger partial charge on any atom is 0.416 e. The predicted molar refractivity (Wildman–Crippen MR) is 71.9 cm³/mol. The van der Waals surface area contributed by atoms with E-state index < -0.39 is 27.5 Å². The highest BCUT2D eigenvalue weighted by Crippen LogP contribution is 2.31. The molecular formula is C12H13ClF3NOS. The van der Waals surface area contributed by atoms with Gasteiger partial charge in [-0.1, -0.05) is 11.6 Å². The Balaban J connectivity index is 3.08. The van der Waals surface area contributed by atoms with Crippen molar-refractivity contribution < 1.29 is 17.4 Å². The Morgan fingerprint density at radius 1 is 1.26 bits per heavy atom. The zero-order chi connectivity index (χ0) is 14.8. The summed E-state index contributed by atoms with van der Waals surface area (Å²) in [5.74, 6) is 0. The molecule has 0 saturated carbocycles. The number of rotatable bonds is 2. The topological polar surface area (TPSA) is 29.4 Å². The predicted octanol–water partition coefficient (Wildman–Crippen LogP) is 4.24. The van der Waals surface area contributed by atoms with E-state index in [1.165, 1.54) is 0 Å². The van der Waals surface area contributed by atoms with Gasteiger partial charge in [-0.3, -0.25) is 0 Å². The van der Waals surface area contributed by atoms with Crippen LogP contribution in [-0.4, -0.2) is 15.2 Å². The average molecular weight is 312 g/mol. The Kier molecular flexibility index (Phi) is 4.79. The normalized spacial score (nSPS) is 14.9. The average Bonchev–Trinajstić information content (AvgIpc) is 2.24. The van der Waals surface area contributed by atoms with E-state index in [9.17, 15) is 17.4 Å². The second kappa shape index (κ2) is 5.63. The molecule has 0 radical (unpaired) electrons. The van der Waals surface area contributed by atoms with Crippen LogP contribution in [0, 0.1) is 0 Å². The van der Waals surface area contributed by atoms with E-state index in [0.717, 1.165) is 24.4 Å². The van der Waals surface area contributed by atoms with Crippen molar-refractivity contribution >= 4 is 28.8 Å². The molecule has 0 spiro atoms. The van der Waals surface area contributed by atoms with Gasteiger partial charge in [0.2, 0.25) is 0 Å². The first-order chi connectivity index (χ1) is 8.51. The van der Waals surface area contributed by atoms with Gasteiger partial charge in [-0.25, -0.2) is 4.21 Å². The standard InChI is InChI=1S/C12H13ClF3NOS/c1-11(2,3)19(18)17-7-8-6-9(12(14,15)16)4-5-10(8)13/h4-7H,1-3H3/t19-/m0/s1. The Labute approximate surface area is 117 Å². The van der Waals surface area contributed by atoms with Gasteiger partial charge in [0.15, 0.2) is 0 Å². The van der Waals surface area contributed by atoms with Crippen LogP contribution in [0.25, 0.3) is 0 Å². The highest BCUT2D eigenvalue weighted by Gasteiger charge is 2.30. The summed E-state index contributed by atoms with van der Waals surface area (Å²) in [4.78, 5) is 0. The molecule has 0 amide bonds. The van der Waals surface area contributed by atoms with E-state index in [1.54, 1.807) is 20.8 Å². The third kappa shape index (κ3) is 4.62. The minimum Gasteiger partial charge on any atom is -0.234 e. The number of alkyl halides is 3. The molecule has 2 nitrogen and oxygen atoms in total. The van der Waals surface area contributed by atoms with Crippen molar-refractivity contribution in [2.45, 2.75) is 31.7 Å². The minimum atomic E-state index is -4.45. The van der Waals surface area contributed by atoms with Gasteiger partial charge < -0.3 is 0 Å². The van der Waals surface area contributed by atoms with E-state index >= 15 is 0 Å². The van der Waals surface area contributed by atoms with Gasteiger partial charge in [0.1, 0.15) is 11.0 Å². The largest absolute Gasteiger partial charge is 0.416 e. The van der Waals surface area contributed by atoms with Gasteiger partial charge in [0.25, 0.3) is 0 Å². The van der Waals surface area contributed by atoms with Crippen LogP contribution in [0.5, 0.6) is 0 Å². The summed E-state index contributed by atoms with van der Waals surface area (Å²) in [6.07, 6.45) is -3.34. The lowest BCUT2D eigenvalue weighted by atomic mass is 10.1. The van der Waals surface area contributed by atoms with Crippen molar-refractivity contribution in [1.82, 2.24) is 0 Å². The van der Waals surface area contributed by atoms with Crippen LogP contribution in [0.4, 0.5) is 13.2 Å². The van der Waals surface area contributed by atoms with Crippen molar-refractivity contribution in [2.24, 2.45) is 4.40 Å². The summed E-state index contributed by atoms with van der Waals surface area (Å²) in [6, 6.07) is 2.91. The fourth-order valence-electron chi connectivity index (χ4n) is 1.08. The molecule has 0 saturated heterocycles. The van der Waals surface area contributed by atoms with Crippen LogP contribution in [0.1, 0.15) is 31.9 Å². The molecule has 0 unspecified atom stereocenters. The SMILES string of the molecule is CC(C)(C)[S@](=O)N=Cc1cc(C(F)(F)F)ccc1Cl. The molecule has 0 bridgehead atoms. The number of nitrogens with zero attached hydrogens (tertiary/aromatic N) is 1. The molecule has 0 heterocycles. The molecule has 7 heteroatoms. The molecule has 106 valence electrons. The third-order valence-corrected chi connectivity index (χ3v) is 3.82. The van der Waals surface area contributed by atoms with Gasteiger partial charge in [-0.15, -0.1) is 0 Å². The maximum absolute atomic E-state index is 12.5. The van der Waals surface area contributed by atoms with E-state index in [0.29, 0.717) is 0 Å². The molecular weight excluding hydrogens is 299 g/mol. The first-order valence-electron chi connectivity index (χ1n) is 5.34. The Morgan fingerprint density at radius 2 is 1.84 bits per heavy atom. The Hall–Kier alpha value is -0.880. The van der Waals surface area contributed by atoms with Crippen LogP contribution in [0.3, 0.4) is 0 Å². The van der Waals surface area contributed by atoms with Gasteiger partial charge in [-0.2, -0.15) is 17.6 Å². The Morgan fingerprint density at radius 3 is 2.32 bits per heavy atom. The highest BCUT2D eigenvalue weighted by molar-refractivity contribution is 7.85. The molecule has 0 aliphatic heterocycles. The fraction of sp³-hybridized carbons (Fsp3) is 0.417. The number of benzene rings is 1. The van der Waals surface area contributed by atoms with Crippen molar-refractivity contribution in [3.63, 3.8) is 0 Å². The molecule has 0 aliphatic rings. The van der Waals surface area contributed by atoms with Crippen LogP contribution in [-0.2, 0) is 17.2 Å². The van der Waals surface area contributed by atoms with E-state index in [1.807, 2.05) is 0 Å². The van der Waals surface area contributed by atoms with Crippen molar-refractivity contribution in [3.05, 3.63) is 34.3 Å². The van der Waals surface area contributed by atoms with Crippen molar-refractivity contribution in [1.29, 1.82) is 0 Å². The summed E-state index contributed by atoms with van der Waals surface area (Å²) in [5.41, 5.74) is -0.728. The van der Waals surface area contributed by atoms with Gasteiger partial charge >= 0.3 is 6.18 Å². The van der Waals surface area contributed by atoms with E-state index in [4.69, 9.17) is 11.6 Å². The van der Waals surface area contributed by atoms with Crippen LogP contribution >= 0.6 is 11.6 Å². The Bertz CT molecular complexity index is 521. The van der Waals surface area contributed by atoms with Crippen LogP contribution < -0.4 is 0 Å². The molecule has 1 rings (SSSR count). The lowest BCUT2D eigenvalue weighted by Crippen LogP contribution is -2.19. The zero-order valence-corrected chi connectivity index (χ0v) is 12.2. The molecule has 0 aromatic heterocycles. The van der Waals surface area contributed by atoms with E-state index in [-0.39, 0.29) is 10.6 Å². The molecule has 19 heavy (non-hydrogen) atoms. The van der Waals surface area contributed by atoms with E-state index in [2.05, 4.69) is 4.40 Å². The molecule has 1 aromatic rings. The smallest absolute Gasteiger partial charge is 0.234 e.